The van der Waals surface area contributed by atoms with Crippen molar-refractivity contribution in [2.75, 3.05) is 0 Å². The minimum Gasteiger partial charge on any atom is -0.330 e. The van der Waals surface area contributed by atoms with Gasteiger partial charge in [-0.1, -0.05) is 18.9 Å². The summed E-state index contributed by atoms with van der Waals surface area (Å²) in [5, 5.41) is 6.53. The van der Waals surface area contributed by atoms with E-state index in [9.17, 15) is 9.18 Å². The molecule has 1 amide bonds. The Bertz CT molecular complexity index is 973. The summed E-state index contributed by atoms with van der Waals surface area (Å²) in [7, 11) is 0. The lowest BCUT2D eigenvalue weighted by Crippen LogP contribution is -2.41. The molecule has 0 spiro atoms. The molecule has 2 aliphatic carbocycles. The Kier molecular flexibility index (Phi) is 4.47. The maximum absolute atomic E-state index is 13.4. The zero-order valence-electron chi connectivity index (χ0n) is 15.4. The zero-order valence-corrected chi connectivity index (χ0v) is 16.2. The van der Waals surface area contributed by atoms with Crippen LogP contribution in [0.15, 0.2) is 41.8 Å². The number of thiophene rings is 1. The molecule has 5 rings (SSSR count). The van der Waals surface area contributed by atoms with Gasteiger partial charge in [-0.3, -0.25) is 4.79 Å². The van der Waals surface area contributed by atoms with Gasteiger partial charge in [0.2, 0.25) is 5.82 Å². The summed E-state index contributed by atoms with van der Waals surface area (Å²) in [6.07, 6.45) is 6.63. The van der Waals surface area contributed by atoms with Crippen molar-refractivity contribution in [3.05, 3.63) is 53.4 Å². The second-order valence-electron chi connectivity index (χ2n) is 7.51. The molecule has 0 saturated heterocycles. The molecule has 0 unspecified atom stereocenters. The lowest BCUT2D eigenvalue weighted by atomic mass is 10.2. The summed E-state index contributed by atoms with van der Waals surface area (Å²) in [6, 6.07) is 10.6. The lowest BCUT2D eigenvalue weighted by molar-refractivity contribution is 0.0651. The highest BCUT2D eigenvalue weighted by Crippen LogP contribution is 2.35. The largest absolute Gasteiger partial charge is 0.330 e. The maximum Gasteiger partial charge on any atom is 0.294 e. The SMILES string of the molecule is O=C(c1nc(-c2cccs2)n(-c2ccc(F)cc2)n1)N(C1CCCC1)C1CC1. The quantitative estimate of drug-likeness (QED) is 0.629. The molecule has 2 saturated carbocycles. The lowest BCUT2D eigenvalue weighted by Gasteiger charge is -2.27. The topological polar surface area (TPSA) is 51.0 Å². The molecular weight excluding hydrogens is 375 g/mol. The fourth-order valence-corrected chi connectivity index (χ4v) is 4.71. The Morgan fingerprint density at radius 2 is 1.79 bits per heavy atom. The minimum atomic E-state index is -0.306. The first kappa shape index (κ1) is 17.6. The van der Waals surface area contributed by atoms with E-state index < -0.39 is 0 Å². The fraction of sp³-hybridized carbons (Fsp3) is 0.381. The highest BCUT2D eigenvalue weighted by molar-refractivity contribution is 7.13. The van der Waals surface area contributed by atoms with Gasteiger partial charge in [0.1, 0.15) is 5.82 Å². The molecule has 0 aliphatic heterocycles. The summed E-state index contributed by atoms with van der Waals surface area (Å²) < 4.78 is 15.0. The fourth-order valence-electron chi connectivity index (χ4n) is 4.01. The van der Waals surface area contributed by atoms with Crippen LogP contribution >= 0.6 is 11.3 Å². The highest BCUT2D eigenvalue weighted by atomic mass is 32.1. The van der Waals surface area contributed by atoms with Crippen molar-refractivity contribution in [3.8, 4) is 16.4 Å². The standard InChI is InChI=1S/C21H21FN4OS/c22-14-7-9-17(10-8-14)26-20(18-6-3-13-28-18)23-19(24-26)21(27)25(16-11-12-16)15-4-1-2-5-15/h3,6-10,13,15-16H,1-2,4-5,11-12H2. The number of carbonyl (C=O) groups excluding carboxylic acids is 1. The molecule has 7 heteroatoms. The summed E-state index contributed by atoms with van der Waals surface area (Å²) in [5.74, 6) is 0.464. The number of rotatable bonds is 5. The first-order chi connectivity index (χ1) is 13.7. The molecule has 5 nitrogen and oxygen atoms in total. The summed E-state index contributed by atoms with van der Waals surface area (Å²) in [5.41, 5.74) is 0.690. The second-order valence-corrected chi connectivity index (χ2v) is 8.45. The number of aromatic nitrogens is 3. The average Bonchev–Trinajstić information content (AvgIpc) is 3.14. The van der Waals surface area contributed by atoms with Crippen molar-refractivity contribution in [1.29, 1.82) is 0 Å². The second kappa shape index (κ2) is 7.13. The third-order valence-corrected chi connectivity index (χ3v) is 6.37. The van der Waals surface area contributed by atoms with Gasteiger partial charge in [-0.2, -0.15) is 0 Å². The predicted molar refractivity (Wildman–Crippen MR) is 106 cm³/mol. The molecule has 2 heterocycles. The predicted octanol–water partition coefficient (Wildman–Crippen LogP) is 4.68. The van der Waals surface area contributed by atoms with E-state index in [1.165, 1.54) is 25.0 Å². The monoisotopic (exact) mass is 396 g/mol. The third kappa shape index (κ3) is 3.24. The van der Waals surface area contributed by atoms with E-state index in [2.05, 4.69) is 10.1 Å². The molecule has 2 fully saturated rings. The van der Waals surface area contributed by atoms with Crippen LogP contribution < -0.4 is 0 Å². The van der Waals surface area contributed by atoms with Gasteiger partial charge in [-0.15, -0.1) is 16.4 Å². The molecule has 0 bridgehead atoms. The van der Waals surface area contributed by atoms with Gasteiger partial charge in [0, 0.05) is 12.1 Å². The van der Waals surface area contributed by atoms with Crippen molar-refractivity contribution >= 4 is 17.2 Å². The molecule has 0 atom stereocenters. The van der Waals surface area contributed by atoms with Crippen molar-refractivity contribution in [1.82, 2.24) is 19.7 Å². The van der Waals surface area contributed by atoms with Crippen molar-refractivity contribution in [2.24, 2.45) is 0 Å². The molecule has 0 N–H and O–H groups in total. The first-order valence-electron chi connectivity index (χ1n) is 9.80. The highest BCUT2D eigenvalue weighted by Gasteiger charge is 2.40. The number of carbonyl (C=O) groups is 1. The van der Waals surface area contributed by atoms with Gasteiger partial charge >= 0.3 is 0 Å². The van der Waals surface area contributed by atoms with Gasteiger partial charge in [0.05, 0.1) is 10.6 Å². The molecular formula is C21H21FN4OS. The molecule has 28 heavy (non-hydrogen) atoms. The van der Waals surface area contributed by atoms with Crippen LogP contribution in [0.4, 0.5) is 4.39 Å². The van der Waals surface area contributed by atoms with Gasteiger partial charge in [0.25, 0.3) is 5.91 Å². The summed E-state index contributed by atoms with van der Waals surface area (Å²) in [6.45, 7) is 0. The van der Waals surface area contributed by atoms with Crippen LogP contribution in [0.3, 0.4) is 0 Å². The van der Waals surface area contributed by atoms with Crippen LogP contribution in [-0.4, -0.2) is 37.7 Å². The number of hydrogen-bond acceptors (Lipinski definition) is 4. The zero-order chi connectivity index (χ0) is 19.1. The minimum absolute atomic E-state index is 0.0759. The van der Waals surface area contributed by atoms with Crippen LogP contribution in [0.2, 0.25) is 0 Å². The first-order valence-corrected chi connectivity index (χ1v) is 10.7. The number of nitrogens with zero attached hydrogens (tertiary/aromatic N) is 4. The molecule has 0 radical (unpaired) electrons. The van der Waals surface area contributed by atoms with Crippen LogP contribution in [0.5, 0.6) is 0 Å². The van der Waals surface area contributed by atoms with E-state index in [-0.39, 0.29) is 17.5 Å². The number of hydrogen-bond donors (Lipinski definition) is 0. The van der Waals surface area contributed by atoms with Gasteiger partial charge in [0.15, 0.2) is 5.82 Å². The Hall–Kier alpha value is -2.54. The maximum atomic E-state index is 13.4. The number of benzene rings is 1. The molecule has 3 aromatic rings. The molecule has 2 aromatic heterocycles. The Labute approximate surface area is 166 Å². The Morgan fingerprint density at radius 3 is 2.43 bits per heavy atom. The average molecular weight is 396 g/mol. The van der Waals surface area contributed by atoms with Crippen LogP contribution in [-0.2, 0) is 0 Å². The van der Waals surface area contributed by atoms with E-state index in [1.54, 1.807) is 28.2 Å². The van der Waals surface area contributed by atoms with Gasteiger partial charge in [-0.05, 0) is 61.4 Å². The van der Waals surface area contributed by atoms with Gasteiger partial charge < -0.3 is 4.90 Å². The van der Waals surface area contributed by atoms with E-state index in [4.69, 9.17) is 0 Å². The normalized spacial score (nSPS) is 17.2. The Balaban J connectivity index is 1.55. The van der Waals surface area contributed by atoms with Crippen molar-refractivity contribution in [3.63, 3.8) is 0 Å². The van der Waals surface area contributed by atoms with E-state index >= 15 is 0 Å². The summed E-state index contributed by atoms with van der Waals surface area (Å²) in [4.78, 5) is 21.0. The van der Waals surface area contributed by atoms with Crippen molar-refractivity contribution in [2.45, 2.75) is 50.6 Å². The summed E-state index contributed by atoms with van der Waals surface area (Å²) >= 11 is 1.54. The van der Waals surface area contributed by atoms with E-state index in [0.29, 0.717) is 23.6 Å². The van der Waals surface area contributed by atoms with Gasteiger partial charge in [-0.25, -0.2) is 14.1 Å². The van der Waals surface area contributed by atoms with E-state index in [1.807, 2.05) is 22.4 Å². The molecule has 1 aromatic carbocycles. The Morgan fingerprint density at radius 1 is 1.07 bits per heavy atom. The van der Waals surface area contributed by atoms with Crippen molar-refractivity contribution < 1.29 is 9.18 Å². The molecule has 2 aliphatic rings. The van der Waals surface area contributed by atoms with Crippen LogP contribution in [0.25, 0.3) is 16.4 Å². The molecule has 144 valence electrons. The smallest absolute Gasteiger partial charge is 0.294 e. The van der Waals surface area contributed by atoms with Crippen LogP contribution in [0, 0.1) is 5.82 Å². The third-order valence-electron chi connectivity index (χ3n) is 5.50. The number of amides is 1. The van der Waals surface area contributed by atoms with E-state index in [0.717, 1.165) is 30.6 Å². The van der Waals surface area contributed by atoms with Crippen LogP contribution in [0.1, 0.15) is 49.1 Å². The number of halogens is 1.